The van der Waals surface area contributed by atoms with E-state index in [4.69, 9.17) is 0 Å². The summed E-state index contributed by atoms with van der Waals surface area (Å²) in [4.78, 5) is 23.0. The van der Waals surface area contributed by atoms with E-state index in [0.717, 1.165) is 10.2 Å². The maximum Gasteiger partial charge on any atom is 0.336 e. The molecular weight excluding hydrogens is 464 g/mol. The highest BCUT2D eigenvalue weighted by Crippen LogP contribution is 2.38. The van der Waals surface area contributed by atoms with Crippen molar-refractivity contribution in [3.05, 3.63) is 75.6 Å². The lowest BCUT2D eigenvalue weighted by Gasteiger charge is -2.29. The second-order valence-electron chi connectivity index (χ2n) is 8.22. The summed E-state index contributed by atoms with van der Waals surface area (Å²) < 4.78 is 29.1. The molecule has 2 aromatic carbocycles. The van der Waals surface area contributed by atoms with Crippen LogP contribution in [-0.2, 0) is 20.4 Å². The van der Waals surface area contributed by atoms with Gasteiger partial charge in [0.15, 0.2) is 11.4 Å². The standard InChI is InChI=1S/C21H22N6O6S/c1-14-5-11-17(12-6-14)34(32,33)25-13-3-4-18(25)19-22-23-24-26(19)21(2,20(28)29)15-7-9-16(10-8-15)27(30)31/h5-12,18H,3-4,13H2,1-2H3,(H,28,29)/t18-,21?/m0/s1. The minimum atomic E-state index is -3.89. The van der Waals surface area contributed by atoms with Crippen LogP contribution in [-0.4, -0.2) is 55.5 Å². The number of benzene rings is 2. The summed E-state index contributed by atoms with van der Waals surface area (Å²) in [7, 11) is -3.89. The van der Waals surface area contributed by atoms with Gasteiger partial charge >= 0.3 is 5.97 Å². The van der Waals surface area contributed by atoms with Crippen LogP contribution >= 0.6 is 0 Å². The fraction of sp³-hybridized carbons (Fsp3) is 0.333. The van der Waals surface area contributed by atoms with Crippen LogP contribution in [0.1, 0.15) is 42.8 Å². The molecular formula is C21H22N6O6S. The van der Waals surface area contributed by atoms with Gasteiger partial charge in [-0.2, -0.15) is 4.31 Å². The topological polar surface area (TPSA) is 161 Å². The summed E-state index contributed by atoms with van der Waals surface area (Å²) in [6.07, 6.45) is 0.950. The summed E-state index contributed by atoms with van der Waals surface area (Å²) in [6.45, 7) is 3.45. The number of aryl methyl sites for hydroxylation is 1. The van der Waals surface area contributed by atoms with Crippen LogP contribution in [0.3, 0.4) is 0 Å². The largest absolute Gasteiger partial charge is 0.479 e. The molecule has 1 unspecified atom stereocenters. The fourth-order valence-corrected chi connectivity index (χ4v) is 5.75. The molecule has 0 amide bonds. The van der Waals surface area contributed by atoms with Gasteiger partial charge in [-0.05, 0) is 66.9 Å². The highest BCUT2D eigenvalue weighted by atomic mass is 32.2. The molecule has 0 radical (unpaired) electrons. The number of nitrogens with zero attached hydrogens (tertiary/aromatic N) is 6. The molecule has 2 heterocycles. The molecule has 4 rings (SSSR count). The van der Waals surface area contributed by atoms with Gasteiger partial charge in [-0.3, -0.25) is 10.1 Å². The van der Waals surface area contributed by atoms with Crippen LogP contribution in [0.15, 0.2) is 53.4 Å². The lowest BCUT2D eigenvalue weighted by atomic mass is 9.91. The predicted octanol–water partition coefficient (Wildman–Crippen LogP) is 2.26. The first-order chi connectivity index (χ1) is 16.1. The van der Waals surface area contributed by atoms with Gasteiger partial charge in [-0.25, -0.2) is 17.9 Å². The summed E-state index contributed by atoms with van der Waals surface area (Å²) in [5.74, 6) is -1.22. The van der Waals surface area contributed by atoms with Gasteiger partial charge in [-0.1, -0.05) is 17.7 Å². The van der Waals surface area contributed by atoms with E-state index in [1.807, 2.05) is 6.92 Å². The molecule has 34 heavy (non-hydrogen) atoms. The number of rotatable bonds is 7. The normalized spacial score (nSPS) is 18.5. The number of carbonyl (C=O) groups is 1. The molecule has 12 nitrogen and oxygen atoms in total. The number of hydrogen-bond acceptors (Lipinski definition) is 8. The first kappa shape index (κ1) is 23.4. The average molecular weight is 487 g/mol. The molecule has 1 aliphatic heterocycles. The van der Waals surface area contributed by atoms with Crippen molar-refractivity contribution in [2.24, 2.45) is 0 Å². The second kappa shape index (κ2) is 8.57. The SMILES string of the molecule is Cc1ccc(S(=O)(=O)N2CCC[C@H]2c2nnnn2C(C)(C(=O)O)c2ccc([N+](=O)[O-])cc2)cc1. The van der Waals surface area contributed by atoms with E-state index in [-0.39, 0.29) is 28.5 Å². The van der Waals surface area contributed by atoms with Crippen molar-refractivity contribution in [1.29, 1.82) is 0 Å². The number of hydrogen-bond donors (Lipinski definition) is 1. The Morgan fingerprint density at radius 3 is 2.41 bits per heavy atom. The number of carboxylic acids is 1. The highest BCUT2D eigenvalue weighted by Gasteiger charge is 2.46. The molecule has 1 aliphatic rings. The Kier molecular flexibility index (Phi) is 5.91. The van der Waals surface area contributed by atoms with Crippen LogP contribution in [0.4, 0.5) is 5.69 Å². The predicted molar refractivity (Wildman–Crippen MR) is 118 cm³/mol. The Bertz CT molecular complexity index is 1340. The van der Waals surface area contributed by atoms with E-state index in [1.165, 1.54) is 47.6 Å². The number of nitro groups is 1. The van der Waals surface area contributed by atoms with Gasteiger partial charge < -0.3 is 5.11 Å². The zero-order valence-electron chi connectivity index (χ0n) is 18.4. The smallest absolute Gasteiger partial charge is 0.336 e. The lowest BCUT2D eigenvalue weighted by molar-refractivity contribution is -0.384. The zero-order valence-corrected chi connectivity index (χ0v) is 19.2. The summed E-state index contributed by atoms with van der Waals surface area (Å²) >= 11 is 0. The lowest BCUT2D eigenvalue weighted by Crippen LogP contribution is -2.43. The second-order valence-corrected chi connectivity index (χ2v) is 10.1. The van der Waals surface area contributed by atoms with Crippen LogP contribution in [0, 0.1) is 17.0 Å². The number of carboxylic acid groups (broad SMARTS) is 1. The Morgan fingerprint density at radius 1 is 1.18 bits per heavy atom. The molecule has 178 valence electrons. The molecule has 1 aromatic heterocycles. The minimum absolute atomic E-state index is 0.0800. The maximum atomic E-state index is 13.4. The van der Waals surface area contributed by atoms with E-state index in [2.05, 4.69) is 15.5 Å². The highest BCUT2D eigenvalue weighted by molar-refractivity contribution is 7.89. The molecule has 0 spiro atoms. The van der Waals surface area contributed by atoms with Crippen LogP contribution in [0.2, 0.25) is 0 Å². The van der Waals surface area contributed by atoms with Gasteiger partial charge in [0.05, 0.1) is 15.9 Å². The van der Waals surface area contributed by atoms with Gasteiger partial charge in [0.25, 0.3) is 5.69 Å². The van der Waals surface area contributed by atoms with Crippen molar-refractivity contribution < 1.29 is 23.2 Å². The quantitative estimate of drug-likeness (QED) is 0.390. The number of non-ortho nitro benzene ring substituents is 1. The zero-order chi connectivity index (χ0) is 24.7. The van der Waals surface area contributed by atoms with Crippen LogP contribution in [0.5, 0.6) is 0 Å². The third-order valence-electron chi connectivity index (χ3n) is 6.10. The fourth-order valence-electron chi connectivity index (χ4n) is 4.10. The van der Waals surface area contributed by atoms with Crippen molar-refractivity contribution in [2.75, 3.05) is 6.54 Å². The molecule has 1 saturated heterocycles. The number of tetrazole rings is 1. The van der Waals surface area contributed by atoms with Gasteiger partial charge in [0.2, 0.25) is 10.0 Å². The van der Waals surface area contributed by atoms with Crippen molar-refractivity contribution in [3.63, 3.8) is 0 Å². The van der Waals surface area contributed by atoms with Crippen LogP contribution in [0.25, 0.3) is 0 Å². The third-order valence-corrected chi connectivity index (χ3v) is 8.03. The first-order valence-corrected chi connectivity index (χ1v) is 11.9. The van der Waals surface area contributed by atoms with Gasteiger partial charge in [0.1, 0.15) is 0 Å². The molecule has 0 aliphatic carbocycles. The monoisotopic (exact) mass is 486 g/mol. The average Bonchev–Trinajstić information content (AvgIpc) is 3.48. The summed E-state index contributed by atoms with van der Waals surface area (Å²) in [6, 6.07) is 10.7. The number of nitro benzene ring substituents is 1. The molecule has 1 fully saturated rings. The van der Waals surface area contributed by atoms with E-state index in [0.29, 0.717) is 12.8 Å². The number of aromatic nitrogens is 4. The van der Waals surface area contributed by atoms with Crippen molar-refractivity contribution in [1.82, 2.24) is 24.5 Å². The van der Waals surface area contributed by atoms with Gasteiger partial charge in [-0.15, -0.1) is 5.10 Å². The molecule has 0 saturated carbocycles. The Balaban J connectivity index is 1.77. The van der Waals surface area contributed by atoms with E-state index >= 15 is 0 Å². The van der Waals surface area contributed by atoms with Crippen molar-refractivity contribution in [2.45, 2.75) is 43.2 Å². The third kappa shape index (κ3) is 3.82. The van der Waals surface area contributed by atoms with E-state index < -0.39 is 32.5 Å². The van der Waals surface area contributed by atoms with Crippen molar-refractivity contribution in [3.8, 4) is 0 Å². The minimum Gasteiger partial charge on any atom is -0.479 e. The maximum absolute atomic E-state index is 13.4. The summed E-state index contributed by atoms with van der Waals surface area (Å²) in [5, 5.41) is 32.7. The Labute approximate surface area is 195 Å². The van der Waals surface area contributed by atoms with E-state index in [9.17, 15) is 28.4 Å². The summed E-state index contributed by atoms with van der Waals surface area (Å²) in [5.41, 5.74) is -0.915. The Morgan fingerprint density at radius 2 is 1.82 bits per heavy atom. The van der Waals surface area contributed by atoms with Crippen LogP contribution < -0.4 is 0 Å². The molecule has 1 N–H and O–H groups in total. The molecule has 3 aromatic rings. The Hall–Kier alpha value is -3.71. The first-order valence-electron chi connectivity index (χ1n) is 10.4. The molecule has 13 heteroatoms. The molecule has 0 bridgehead atoms. The molecule has 2 atom stereocenters. The van der Waals surface area contributed by atoms with E-state index in [1.54, 1.807) is 12.1 Å². The number of aliphatic carboxylic acids is 1. The van der Waals surface area contributed by atoms with Gasteiger partial charge in [0, 0.05) is 18.7 Å². The number of sulfonamides is 1. The van der Waals surface area contributed by atoms with Crippen molar-refractivity contribution >= 4 is 21.7 Å².